The lowest BCUT2D eigenvalue weighted by atomic mass is 10.1. The van der Waals surface area contributed by atoms with Gasteiger partial charge in [-0.3, -0.25) is 9.59 Å². The number of nitrogens with one attached hydrogen (secondary N) is 1. The Bertz CT molecular complexity index is 788. The topological polar surface area (TPSA) is 49.4 Å². The van der Waals surface area contributed by atoms with Crippen LogP contribution in [0.3, 0.4) is 0 Å². The van der Waals surface area contributed by atoms with Gasteiger partial charge in [0.15, 0.2) is 5.37 Å². The number of hydrogen-bond acceptors (Lipinski definition) is 4. The van der Waals surface area contributed by atoms with Crippen molar-refractivity contribution in [2.45, 2.75) is 26.1 Å². The summed E-state index contributed by atoms with van der Waals surface area (Å²) in [6, 6.07) is 13.4. The standard InChI is InChI=1S/C18H18N2O2S/c1-11-8-9-14(13(3)10-11)19-16-17(21)20(18(22)23-16)15-7-5-4-6-12(15)2/h4-10,16,19H,1-3H3/t16-/m0/s1. The van der Waals surface area contributed by atoms with Crippen LogP contribution in [-0.2, 0) is 4.79 Å². The molecule has 2 aromatic rings. The average Bonchev–Trinajstić information content (AvgIpc) is 2.77. The van der Waals surface area contributed by atoms with Gasteiger partial charge in [-0.1, -0.05) is 35.9 Å². The molecule has 0 aromatic heterocycles. The van der Waals surface area contributed by atoms with Crippen molar-refractivity contribution < 1.29 is 9.59 Å². The van der Waals surface area contributed by atoms with Crippen molar-refractivity contribution in [3.63, 3.8) is 0 Å². The summed E-state index contributed by atoms with van der Waals surface area (Å²) in [4.78, 5) is 26.2. The molecule has 1 fully saturated rings. The Labute approximate surface area is 139 Å². The number of nitrogens with zero attached hydrogens (tertiary/aromatic N) is 1. The fourth-order valence-corrected chi connectivity index (χ4v) is 3.54. The van der Waals surface area contributed by atoms with E-state index in [1.165, 1.54) is 4.90 Å². The number of hydrogen-bond donors (Lipinski definition) is 1. The summed E-state index contributed by atoms with van der Waals surface area (Å²) in [5, 5.41) is 2.35. The van der Waals surface area contributed by atoms with Crippen LogP contribution in [-0.4, -0.2) is 16.5 Å². The van der Waals surface area contributed by atoms with Crippen LogP contribution in [0.4, 0.5) is 16.2 Å². The molecule has 0 bridgehead atoms. The maximum Gasteiger partial charge on any atom is 0.295 e. The van der Waals surface area contributed by atoms with Crippen molar-refractivity contribution in [3.05, 3.63) is 59.2 Å². The van der Waals surface area contributed by atoms with Crippen molar-refractivity contribution in [3.8, 4) is 0 Å². The van der Waals surface area contributed by atoms with Crippen molar-refractivity contribution in [1.82, 2.24) is 0 Å². The molecule has 0 radical (unpaired) electrons. The molecule has 1 heterocycles. The van der Waals surface area contributed by atoms with E-state index in [1.807, 2.05) is 57.2 Å². The van der Waals surface area contributed by atoms with Crippen LogP contribution in [0.5, 0.6) is 0 Å². The van der Waals surface area contributed by atoms with Gasteiger partial charge in [-0.15, -0.1) is 0 Å². The minimum absolute atomic E-state index is 0.228. The van der Waals surface area contributed by atoms with Crippen molar-refractivity contribution in [1.29, 1.82) is 0 Å². The molecule has 2 amide bonds. The molecule has 118 valence electrons. The lowest BCUT2D eigenvalue weighted by Crippen LogP contribution is -2.34. The maximum absolute atomic E-state index is 12.7. The minimum Gasteiger partial charge on any atom is -0.365 e. The normalized spacial score (nSPS) is 17.7. The highest BCUT2D eigenvalue weighted by Gasteiger charge is 2.41. The van der Waals surface area contributed by atoms with Gasteiger partial charge in [0, 0.05) is 5.69 Å². The highest BCUT2D eigenvalue weighted by molar-refractivity contribution is 8.16. The molecular formula is C18H18N2O2S. The quantitative estimate of drug-likeness (QED) is 0.916. The van der Waals surface area contributed by atoms with Gasteiger partial charge < -0.3 is 5.32 Å². The third-order valence-electron chi connectivity index (χ3n) is 3.87. The Morgan fingerprint density at radius 2 is 1.74 bits per heavy atom. The van der Waals surface area contributed by atoms with E-state index in [0.29, 0.717) is 5.69 Å². The molecule has 1 atom stereocenters. The molecule has 0 unspecified atom stereocenters. The van der Waals surface area contributed by atoms with E-state index in [4.69, 9.17) is 0 Å². The Kier molecular flexibility index (Phi) is 4.13. The highest BCUT2D eigenvalue weighted by Crippen LogP contribution is 2.34. The third kappa shape index (κ3) is 2.97. The number of para-hydroxylation sites is 1. The molecule has 0 aliphatic carbocycles. The smallest absolute Gasteiger partial charge is 0.295 e. The van der Waals surface area contributed by atoms with Gasteiger partial charge >= 0.3 is 0 Å². The molecule has 4 nitrogen and oxygen atoms in total. The van der Waals surface area contributed by atoms with Crippen LogP contribution in [0, 0.1) is 20.8 Å². The maximum atomic E-state index is 12.7. The van der Waals surface area contributed by atoms with Gasteiger partial charge in [0.25, 0.3) is 11.1 Å². The predicted octanol–water partition coefficient (Wildman–Crippen LogP) is 4.25. The zero-order valence-corrected chi connectivity index (χ0v) is 14.1. The van der Waals surface area contributed by atoms with Gasteiger partial charge in [-0.2, -0.15) is 0 Å². The number of benzene rings is 2. The molecule has 3 rings (SSSR count). The fraction of sp³-hybridized carbons (Fsp3) is 0.222. The van der Waals surface area contributed by atoms with Crippen LogP contribution in [0.25, 0.3) is 0 Å². The Balaban J connectivity index is 1.85. The van der Waals surface area contributed by atoms with Crippen LogP contribution < -0.4 is 10.2 Å². The first kappa shape index (κ1) is 15.6. The van der Waals surface area contributed by atoms with E-state index in [0.717, 1.165) is 34.1 Å². The second-order valence-electron chi connectivity index (χ2n) is 5.69. The molecule has 1 N–H and O–H groups in total. The van der Waals surface area contributed by atoms with Crippen LogP contribution in [0.2, 0.25) is 0 Å². The molecule has 2 aromatic carbocycles. The van der Waals surface area contributed by atoms with Crippen molar-refractivity contribution in [2.75, 3.05) is 10.2 Å². The highest BCUT2D eigenvalue weighted by atomic mass is 32.2. The second kappa shape index (κ2) is 6.08. The molecular weight excluding hydrogens is 308 g/mol. The van der Waals surface area contributed by atoms with Crippen molar-refractivity contribution in [2.24, 2.45) is 0 Å². The van der Waals surface area contributed by atoms with Crippen LogP contribution >= 0.6 is 11.8 Å². The monoisotopic (exact) mass is 326 g/mol. The zero-order chi connectivity index (χ0) is 16.6. The number of aryl methyl sites for hydroxylation is 3. The summed E-state index contributed by atoms with van der Waals surface area (Å²) in [6.07, 6.45) is 0. The third-order valence-corrected chi connectivity index (χ3v) is 4.81. The zero-order valence-electron chi connectivity index (χ0n) is 13.3. The first-order valence-corrected chi connectivity index (χ1v) is 8.29. The van der Waals surface area contributed by atoms with E-state index in [9.17, 15) is 9.59 Å². The lowest BCUT2D eigenvalue weighted by molar-refractivity contribution is -0.116. The number of carbonyl (C=O) groups is 2. The van der Waals surface area contributed by atoms with Gasteiger partial charge in [-0.25, -0.2) is 4.90 Å². The van der Waals surface area contributed by atoms with Crippen LogP contribution in [0.15, 0.2) is 42.5 Å². The number of rotatable bonds is 3. The number of imide groups is 1. The molecule has 1 aliphatic rings. The summed E-state index contributed by atoms with van der Waals surface area (Å²) in [7, 11) is 0. The molecule has 23 heavy (non-hydrogen) atoms. The molecule has 0 saturated carbocycles. The molecule has 1 saturated heterocycles. The summed E-state index contributed by atoms with van der Waals surface area (Å²) in [5.74, 6) is -0.228. The van der Waals surface area contributed by atoms with E-state index >= 15 is 0 Å². The number of thioether (sulfide) groups is 1. The summed E-state index contributed by atoms with van der Waals surface area (Å²) >= 11 is 1.02. The van der Waals surface area contributed by atoms with Gasteiger partial charge in [0.2, 0.25) is 0 Å². The van der Waals surface area contributed by atoms with Gasteiger partial charge in [-0.05, 0) is 55.8 Å². The fourth-order valence-electron chi connectivity index (χ4n) is 2.65. The summed E-state index contributed by atoms with van der Waals surface area (Å²) < 4.78 is 0. The average molecular weight is 326 g/mol. The summed E-state index contributed by atoms with van der Waals surface area (Å²) in [5.41, 5.74) is 4.65. The predicted molar refractivity (Wildman–Crippen MR) is 95.0 cm³/mol. The number of amides is 2. The van der Waals surface area contributed by atoms with E-state index in [-0.39, 0.29) is 11.1 Å². The molecule has 0 spiro atoms. The van der Waals surface area contributed by atoms with Gasteiger partial charge in [0.1, 0.15) is 0 Å². The second-order valence-corrected chi connectivity index (χ2v) is 6.74. The SMILES string of the molecule is Cc1ccc(N[C@H]2SC(=O)N(c3ccccc3C)C2=O)c(C)c1. The Morgan fingerprint density at radius 1 is 1.00 bits per heavy atom. The van der Waals surface area contributed by atoms with E-state index in [1.54, 1.807) is 6.07 Å². The minimum atomic E-state index is -0.594. The number of anilines is 2. The first-order valence-electron chi connectivity index (χ1n) is 7.41. The van der Waals surface area contributed by atoms with Crippen LogP contribution in [0.1, 0.15) is 16.7 Å². The first-order chi connectivity index (χ1) is 11.0. The molecule has 1 aliphatic heterocycles. The van der Waals surface area contributed by atoms with E-state index in [2.05, 4.69) is 5.32 Å². The van der Waals surface area contributed by atoms with Crippen molar-refractivity contribution >= 4 is 34.3 Å². The largest absolute Gasteiger partial charge is 0.365 e. The lowest BCUT2D eigenvalue weighted by Gasteiger charge is -2.17. The summed E-state index contributed by atoms with van der Waals surface area (Å²) in [6.45, 7) is 5.90. The Hall–Kier alpha value is -2.27. The Morgan fingerprint density at radius 3 is 2.43 bits per heavy atom. The molecule has 5 heteroatoms. The van der Waals surface area contributed by atoms with Gasteiger partial charge in [0.05, 0.1) is 5.69 Å². The number of carbonyl (C=O) groups excluding carboxylic acids is 2. The van der Waals surface area contributed by atoms with E-state index < -0.39 is 5.37 Å².